The van der Waals surface area contributed by atoms with E-state index >= 15 is 0 Å². The minimum absolute atomic E-state index is 0.241. The minimum atomic E-state index is -0.673. The highest BCUT2D eigenvalue weighted by Gasteiger charge is 2.62. The van der Waals surface area contributed by atoms with Gasteiger partial charge in [0.1, 0.15) is 0 Å². The average Bonchev–Trinajstić information content (AvgIpc) is 2.43. The van der Waals surface area contributed by atoms with Crippen LogP contribution >= 0.6 is 0 Å². The van der Waals surface area contributed by atoms with Gasteiger partial charge >= 0.3 is 5.97 Å². The summed E-state index contributed by atoms with van der Waals surface area (Å²) in [6.07, 6.45) is 3.91. The fraction of sp³-hybridized carbons (Fsp3) is 0.667. The largest absolute Gasteiger partial charge is 0.481 e. The molecule has 0 saturated heterocycles. The van der Waals surface area contributed by atoms with E-state index in [2.05, 4.69) is 0 Å². The lowest BCUT2D eigenvalue weighted by Crippen LogP contribution is -2.13. The lowest BCUT2D eigenvalue weighted by atomic mass is 10.1. The van der Waals surface area contributed by atoms with Gasteiger partial charge in [0.15, 0.2) is 0 Å². The van der Waals surface area contributed by atoms with Crippen molar-refractivity contribution < 1.29 is 9.90 Å². The first kappa shape index (κ1) is 8.31. The van der Waals surface area contributed by atoms with Crippen molar-refractivity contribution in [3.8, 4) is 0 Å². The molecule has 3 unspecified atom stereocenters. The highest BCUT2D eigenvalue weighted by molar-refractivity contribution is 5.79. The number of carboxylic acids is 1. The molecule has 1 aliphatic carbocycles. The van der Waals surface area contributed by atoms with E-state index in [-0.39, 0.29) is 11.8 Å². The predicted octanol–water partition coefficient (Wildman–Crippen LogP) is 1.92. The molecule has 1 fully saturated rings. The van der Waals surface area contributed by atoms with E-state index in [1.807, 2.05) is 32.9 Å². The molecular formula is C9H14O2. The first-order valence-electron chi connectivity index (χ1n) is 3.91. The van der Waals surface area contributed by atoms with Crippen LogP contribution in [0.2, 0.25) is 0 Å². The predicted molar refractivity (Wildman–Crippen MR) is 43.2 cm³/mol. The number of hydrogen-bond donors (Lipinski definition) is 1. The van der Waals surface area contributed by atoms with E-state index in [9.17, 15) is 4.79 Å². The molecule has 0 bridgehead atoms. The Bertz CT molecular complexity index is 208. The zero-order valence-electron chi connectivity index (χ0n) is 7.16. The Kier molecular flexibility index (Phi) is 1.78. The van der Waals surface area contributed by atoms with E-state index in [1.165, 1.54) is 0 Å². The molecule has 2 nitrogen and oxygen atoms in total. The standard InChI is InChI=1S/C9H14O2/c1-4-5-7-6(2)9(7,3)8(10)11/h4-7H,1-3H3,(H,10,11)/b5-4-. The van der Waals surface area contributed by atoms with Crippen molar-refractivity contribution in [1.82, 2.24) is 0 Å². The van der Waals surface area contributed by atoms with Crippen LogP contribution in [0.15, 0.2) is 12.2 Å². The first-order chi connectivity index (χ1) is 5.05. The Morgan fingerprint density at radius 1 is 1.64 bits per heavy atom. The van der Waals surface area contributed by atoms with Crippen LogP contribution in [0, 0.1) is 17.3 Å². The maximum Gasteiger partial charge on any atom is 0.310 e. The molecule has 0 aromatic heterocycles. The van der Waals surface area contributed by atoms with Crippen molar-refractivity contribution in [3.05, 3.63) is 12.2 Å². The first-order valence-corrected chi connectivity index (χ1v) is 3.91. The highest BCUT2D eigenvalue weighted by atomic mass is 16.4. The van der Waals surface area contributed by atoms with Crippen molar-refractivity contribution >= 4 is 5.97 Å². The average molecular weight is 154 g/mol. The second-order valence-corrected chi connectivity index (χ2v) is 3.43. The van der Waals surface area contributed by atoms with Gasteiger partial charge in [-0.2, -0.15) is 0 Å². The second kappa shape index (κ2) is 2.36. The lowest BCUT2D eigenvalue weighted by Gasteiger charge is -2.00. The summed E-state index contributed by atoms with van der Waals surface area (Å²) in [5, 5.41) is 8.85. The summed E-state index contributed by atoms with van der Waals surface area (Å²) >= 11 is 0. The van der Waals surface area contributed by atoms with Gasteiger partial charge in [0.25, 0.3) is 0 Å². The van der Waals surface area contributed by atoms with Crippen LogP contribution in [-0.2, 0) is 4.79 Å². The van der Waals surface area contributed by atoms with Crippen LogP contribution in [0.3, 0.4) is 0 Å². The third-order valence-electron chi connectivity index (χ3n) is 2.93. The van der Waals surface area contributed by atoms with E-state index in [0.717, 1.165) is 0 Å². The van der Waals surface area contributed by atoms with Crippen LogP contribution in [0.25, 0.3) is 0 Å². The van der Waals surface area contributed by atoms with Gasteiger partial charge in [-0.1, -0.05) is 19.1 Å². The van der Waals surface area contributed by atoms with E-state index in [4.69, 9.17) is 5.11 Å². The third-order valence-corrected chi connectivity index (χ3v) is 2.93. The Labute approximate surface area is 66.9 Å². The molecule has 1 saturated carbocycles. The van der Waals surface area contributed by atoms with Crippen molar-refractivity contribution in [1.29, 1.82) is 0 Å². The monoisotopic (exact) mass is 154 g/mol. The number of rotatable bonds is 2. The molecule has 62 valence electrons. The Morgan fingerprint density at radius 2 is 2.18 bits per heavy atom. The number of allylic oxidation sites excluding steroid dienone is 2. The van der Waals surface area contributed by atoms with Crippen LogP contribution in [0.4, 0.5) is 0 Å². The van der Waals surface area contributed by atoms with Crippen molar-refractivity contribution in [3.63, 3.8) is 0 Å². The van der Waals surface area contributed by atoms with Crippen LogP contribution in [0.5, 0.6) is 0 Å². The summed E-state index contributed by atoms with van der Waals surface area (Å²) in [6, 6.07) is 0. The minimum Gasteiger partial charge on any atom is -0.481 e. The van der Waals surface area contributed by atoms with Gasteiger partial charge in [0.2, 0.25) is 0 Å². The van der Waals surface area contributed by atoms with Crippen LogP contribution in [-0.4, -0.2) is 11.1 Å². The summed E-state index contributed by atoms with van der Waals surface area (Å²) in [5.41, 5.74) is -0.494. The van der Waals surface area contributed by atoms with Gasteiger partial charge in [-0.05, 0) is 25.7 Å². The quantitative estimate of drug-likeness (QED) is 0.617. The van der Waals surface area contributed by atoms with Crippen molar-refractivity contribution in [2.24, 2.45) is 17.3 Å². The molecule has 2 heteroatoms. The molecule has 0 aromatic carbocycles. The maximum atomic E-state index is 10.7. The number of aliphatic carboxylic acids is 1. The smallest absolute Gasteiger partial charge is 0.310 e. The zero-order valence-corrected chi connectivity index (χ0v) is 7.16. The molecule has 0 heterocycles. The summed E-state index contributed by atoms with van der Waals surface area (Å²) in [7, 11) is 0. The van der Waals surface area contributed by atoms with E-state index in [1.54, 1.807) is 0 Å². The lowest BCUT2D eigenvalue weighted by molar-refractivity contribution is -0.143. The van der Waals surface area contributed by atoms with Gasteiger partial charge in [0, 0.05) is 0 Å². The van der Waals surface area contributed by atoms with Gasteiger partial charge in [0.05, 0.1) is 5.41 Å². The molecule has 1 N–H and O–H groups in total. The number of hydrogen-bond acceptors (Lipinski definition) is 1. The van der Waals surface area contributed by atoms with Gasteiger partial charge < -0.3 is 5.11 Å². The van der Waals surface area contributed by atoms with Crippen LogP contribution in [0.1, 0.15) is 20.8 Å². The normalized spacial score (nSPS) is 42.8. The molecule has 11 heavy (non-hydrogen) atoms. The molecule has 0 aromatic rings. The molecule has 1 aliphatic rings. The fourth-order valence-electron chi connectivity index (χ4n) is 1.68. The van der Waals surface area contributed by atoms with E-state index in [0.29, 0.717) is 0 Å². The van der Waals surface area contributed by atoms with Gasteiger partial charge in [-0.25, -0.2) is 0 Å². The van der Waals surface area contributed by atoms with E-state index < -0.39 is 11.4 Å². The molecular weight excluding hydrogens is 140 g/mol. The molecule has 0 radical (unpaired) electrons. The Morgan fingerprint density at radius 3 is 2.45 bits per heavy atom. The summed E-state index contributed by atoms with van der Waals surface area (Å²) in [6.45, 7) is 5.72. The van der Waals surface area contributed by atoms with Gasteiger partial charge in [-0.3, -0.25) is 4.79 Å². The maximum absolute atomic E-state index is 10.7. The van der Waals surface area contributed by atoms with Crippen LogP contribution < -0.4 is 0 Å². The second-order valence-electron chi connectivity index (χ2n) is 3.43. The molecule has 0 aliphatic heterocycles. The van der Waals surface area contributed by atoms with Crippen molar-refractivity contribution in [2.45, 2.75) is 20.8 Å². The van der Waals surface area contributed by atoms with Gasteiger partial charge in [-0.15, -0.1) is 0 Å². The fourth-order valence-corrected chi connectivity index (χ4v) is 1.68. The SMILES string of the molecule is C/C=C\C1C(C)C1(C)C(=O)O. The molecule has 3 atom stereocenters. The number of carboxylic acid groups (broad SMARTS) is 1. The molecule has 0 amide bonds. The molecule has 0 spiro atoms. The topological polar surface area (TPSA) is 37.3 Å². The summed E-state index contributed by atoms with van der Waals surface area (Å²) < 4.78 is 0. The Balaban J connectivity index is 2.72. The summed E-state index contributed by atoms with van der Waals surface area (Å²) in [4.78, 5) is 10.7. The zero-order chi connectivity index (χ0) is 8.65. The third kappa shape index (κ3) is 0.971. The molecule has 1 rings (SSSR count). The number of carbonyl (C=O) groups is 1. The Hall–Kier alpha value is -0.790. The highest BCUT2D eigenvalue weighted by Crippen LogP contribution is 2.59. The van der Waals surface area contributed by atoms with Crippen molar-refractivity contribution in [2.75, 3.05) is 0 Å². The summed E-state index contributed by atoms with van der Waals surface area (Å²) in [5.74, 6) is -0.144.